The minimum absolute atomic E-state index is 0.0000797. The highest BCUT2D eigenvalue weighted by Gasteiger charge is 2.56. The van der Waals surface area contributed by atoms with Crippen molar-refractivity contribution in [1.82, 2.24) is 14.4 Å². The Balaban J connectivity index is 1.59. The third kappa shape index (κ3) is 3.41. The molecule has 0 unspecified atom stereocenters. The number of likely N-dealkylation sites (tertiary alicyclic amines) is 1. The van der Waals surface area contributed by atoms with Crippen molar-refractivity contribution in [3.05, 3.63) is 58.5 Å². The van der Waals surface area contributed by atoms with Gasteiger partial charge in [-0.25, -0.2) is 0 Å². The summed E-state index contributed by atoms with van der Waals surface area (Å²) in [5, 5.41) is 10.4. The van der Waals surface area contributed by atoms with Crippen LogP contribution in [0.5, 0.6) is 0 Å². The maximum atomic E-state index is 13.7. The highest BCUT2D eigenvalue weighted by Crippen LogP contribution is 2.49. The lowest BCUT2D eigenvalue weighted by Crippen LogP contribution is -2.47. The molecule has 0 radical (unpaired) electrons. The van der Waals surface area contributed by atoms with E-state index in [1.165, 1.54) is 6.42 Å². The Kier molecular flexibility index (Phi) is 5.91. The van der Waals surface area contributed by atoms with E-state index in [0.717, 1.165) is 50.2 Å². The van der Waals surface area contributed by atoms with Crippen molar-refractivity contribution in [1.29, 1.82) is 0 Å². The Morgan fingerprint density at radius 1 is 1.06 bits per heavy atom. The molecule has 0 saturated carbocycles. The largest absolute Gasteiger partial charge is 0.396 e. The van der Waals surface area contributed by atoms with Gasteiger partial charge in [0.15, 0.2) is 0 Å². The van der Waals surface area contributed by atoms with E-state index < -0.39 is 0 Å². The van der Waals surface area contributed by atoms with Crippen LogP contribution in [0.2, 0.25) is 0 Å². The number of hydrogen-bond donors (Lipinski definition) is 1. The Hall–Kier alpha value is -2.44. The number of aromatic nitrogens is 1. The van der Waals surface area contributed by atoms with Crippen molar-refractivity contribution in [3.8, 4) is 11.1 Å². The number of aliphatic hydroxyl groups is 1. The fraction of sp³-hybridized carbons (Fsp3) is 0.538. The van der Waals surface area contributed by atoms with Crippen LogP contribution in [0.15, 0.2) is 47.3 Å². The van der Waals surface area contributed by atoms with Gasteiger partial charge in [-0.05, 0) is 49.9 Å². The van der Waals surface area contributed by atoms with Crippen LogP contribution in [0.4, 0.5) is 0 Å². The fourth-order valence-electron chi connectivity index (χ4n) is 6.23. The summed E-state index contributed by atoms with van der Waals surface area (Å²) in [7, 11) is 0. The number of hydrogen-bond acceptors (Lipinski definition) is 4. The third-order valence-electron chi connectivity index (χ3n) is 7.69. The van der Waals surface area contributed by atoms with Crippen LogP contribution in [0.1, 0.15) is 44.3 Å². The molecule has 0 spiro atoms. The molecule has 3 aliphatic heterocycles. The number of amides is 1. The predicted molar refractivity (Wildman–Crippen MR) is 124 cm³/mol. The van der Waals surface area contributed by atoms with Gasteiger partial charge in [0.1, 0.15) is 0 Å². The van der Waals surface area contributed by atoms with Gasteiger partial charge in [0.05, 0.1) is 12.0 Å². The molecule has 32 heavy (non-hydrogen) atoms. The third-order valence-corrected chi connectivity index (χ3v) is 7.69. The highest BCUT2D eigenvalue weighted by atomic mass is 16.3. The van der Waals surface area contributed by atoms with Crippen LogP contribution >= 0.6 is 0 Å². The molecular formula is C26H33N3O3. The monoisotopic (exact) mass is 435 g/mol. The van der Waals surface area contributed by atoms with E-state index in [-0.39, 0.29) is 42.0 Å². The number of carbonyl (C=O) groups is 1. The minimum Gasteiger partial charge on any atom is -0.396 e. The van der Waals surface area contributed by atoms with E-state index in [0.29, 0.717) is 12.1 Å². The van der Waals surface area contributed by atoms with E-state index >= 15 is 0 Å². The molecule has 4 heterocycles. The molecule has 6 nitrogen and oxygen atoms in total. The molecule has 1 aromatic heterocycles. The van der Waals surface area contributed by atoms with Gasteiger partial charge in [0, 0.05) is 49.5 Å². The average Bonchev–Trinajstić information content (AvgIpc) is 3.04. The number of aliphatic hydroxyl groups excluding tert-OH is 1. The molecule has 0 aliphatic carbocycles. The number of piperidine rings is 1. The Bertz CT molecular complexity index is 1030. The molecule has 3 aliphatic rings. The molecule has 1 N–H and O–H groups in total. The lowest BCUT2D eigenvalue weighted by atomic mass is 9.85. The van der Waals surface area contributed by atoms with Crippen molar-refractivity contribution in [3.63, 3.8) is 0 Å². The number of benzene rings is 1. The van der Waals surface area contributed by atoms with E-state index in [1.807, 2.05) is 51.9 Å². The molecule has 2 saturated heterocycles. The van der Waals surface area contributed by atoms with Gasteiger partial charge in [-0.3, -0.25) is 14.5 Å². The maximum Gasteiger partial charge on any atom is 0.258 e. The second kappa shape index (κ2) is 8.83. The normalized spacial score (nSPS) is 27.4. The molecule has 2 aromatic rings. The van der Waals surface area contributed by atoms with Crippen molar-refractivity contribution in [2.75, 3.05) is 26.2 Å². The Morgan fingerprint density at radius 3 is 2.50 bits per heavy atom. The molecule has 5 rings (SSSR count). The zero-order valence-corrected chi connectivity index (χ0v) is 18.8. The van der Waals surface area contributed by atoms with Gasteiger partial charge >= 0.3 is 0 Å². The van der Waals surface area contributed by atoms with Gasteiger partial charge in [-0.15, -0.1) is 0 Å². The van der Waals surface area contributed by atoms with Crippen molar-refractivity contribution in [2.24, 2.45) is 11.8 Å². The molecule has 2 bridgehead atoms. The van der Waals surface area contributed by atoms with Crippen molar-refractivity contribution < 1.29 is 9.90 Å². The summed E-state index contributed by atoms with van der Waals surface area (Å²) in [4.78, 5) is 31.7. The van der Waals surface area contributed by atoms with Crippen molar-refractivity contribution >= 4 is 5.91 Å². The van der Waals surface area contributed by atoms with Crippen LogP contribution in [0.25, 0.3) is 11.1 Å². The molecular weight excluding hydrogens is 402 g/mol. The molecule has 6 heteroatoms. The maximum absolute atomic E-state index is 13.7. The first-order chi connectivity index (χ1) is 15.7. The number of rotatable bonds is 5. The average molecular weight is 436 g/mol. The highest BCUT2D eigenvalue weighted by molar-refractivity contribution is 5.81. The SMILES string of the molecule is CCCN1[C@@H]2c3ccc(-c4ccccc4)c(=O)n3C[C@H]1[C@H](CO)[C@H]2C(=O)N1CCCCC1. The summed E-state index contributed by atoms with van der Waals surface area (Å²) < 4.78 is 1.88. The summed E-state index contributed by atoms with van der Waals surface area (Å²) in [6, 6.07) is 13.6. The van der Waals surface area contributed by atoms with E-state index in [2.05, 4.69) is 11.8 Å². The summed E-state index contributed by atoms with van der Waals surface area (Å²) in [6.45, 7) is 5.12. The van der Waals surface area contributed by atoms with Crippen molar-refractivity contribution in [2.45, 2.75) is 51.2 Å². The van der Waals surface area contributed by atoms with Gasteiger partial charge in [0.2, 0.25) is 5.91 Å². The first-order valence-electron chi connectivity index (χ1n) is 12.1. The number of nitrogens with zero attached hydrogens (tertiary/aromatic N) is 3. The summed E-state index contributed by atoms with van der Waals surface area (Å²) in [5.41, 5.74) is 2.53. The summed E-state index contributed by atoms with van der Waals surface area (Å²) in [5.74, 6) is -0.295. The van der Waals surface area contributed by atoms with Gasteiger partial charge in [-0.2, -0.15) is 0 Å². The van der Waals surface area contributed by atoms with Crippen LogP contribution in [0.3, 0.4) is 0 Å². The van der Waals surface area contributed by atoms with Crippen LogP contribution in [-0.2, 0) is 11.3 Å². The standard InChI is InChI=1S/C26H33N3O3/c1-2-13-28-22-16-29-21(12-11-19(25(29)31)18-9-5-3-6-10-18)24(28)23(20(22)17-30)26(32)27-14-7-4-8-15-27/h3,5-6,9-12,20,22-24,30H,2,4,7-8,13-17H2,1H3/t20-,22-,23+,24+/m0/s1. The summed E-state index contributed by atoms with van der Waals surface area (Å²) in [6.07, 6.45) is 4.24. The van der Waals surface area contributed by atoms with Crippen LogP contribution < -0.4 is 5.56 Å². The molecule has 4 atom stereocenters. The predicted octanol–water partition coefficient (Wildman–Crippen LogP) is 2.90. The topological polar surface area (TPSA) is 65.8 Å². The second-order valence-electron chi connectivity index (χ2n) is 9.46. The van der Waals surface area contributed by atoms with E-state index in [4.69, 9.17) is 0 Å². The molecule has 170 valence electrons. The van der Waals surface area contributed by atoms with Gasteiger partial charge in [-0.1, -0.05) is 37.3 Å². The fourth-order valence-corrected chi connectivity index (χ4v) is 6.23. The van der Waals surface area contributed by atoms with Crippen LogP contribution in [-0.4, -0.2) is 57.7 Å². The quantitative estimate of drug-likeness (QED) is 0.784. The van der Waals surface area contributed by atoms with Gasteiger partial charge in [0.25, 0.3) is 5.56 Å². The number of pyridine rings is 1. The number of fused-ring (bicyclic) bond motifs is 4. The lowest BCUT2D eigenvalue weighted by molar-refractivity contribution is -0.139. The first kappa shape index (κ1) is 21.4. The van der Waals surface area contributed by atoms with Crippen LogP contribution in [0, 0.1) is 11.8 Å². The first-order valence-corrected chi connectivity index (χ1v) is 12.1. The Labute approximate surface area is 189 Å². The minimum atomic E-state index is -0.301. The van der Waals surface area contributed by atoms with Gasteiger partial charge < -0.3 is 14.6 Å². The number of carbonyl (C=O) groups excluding carboxylic acids is 1. The van der Waals surface area contributed by atoms with E-state index in [9.17, 15) is 14.7 Å². The lowest BCUT2D eigenvalue weighted by Gasteiger charge is -2.38. The molecule has 2 fully saturated rings. The van der Waals surface area contributed by atoms with E-state index in [1.54, 1.807) is 0 Å². The molecule has 1 amide bonds. The summed E-state index contributed by atoms with van der Waals surface area (Å²) >= 11 is 0. The smallest absolute Gasteiger partial charge is 0.258 e. The zero-order valence-electron chi connectivity index (χ0n) is 18.8. The Morgan fingerprint density at radius 2 is 1.81 bits per heavy atom. The zero-order chi connectivity index (χ0) is 22.2. The molecule has 1 aromatic carbocycles. The second-order valence-corrected chi connectivity index (χ2v) is 9.46.